The molecule has 4 unspecified atom stereocenters. The Kier molecular flexibility index (Phi) is 8.84. The van der Waals surface area contributed by atoms with Gasteiger partial charge in [-0.2, -0.15) is 5.26 Å². The number of nitrogens with one attached hydrogen (secondary N) is 3. The summed E-state index contributed by atoms with van der Waals surface area (Å²) >= 11 is 0. The lowest BCUT2D eigenvalue weighted by molar-refractivity contribution is -0.135. The molecule has 5 aromatic rings. The van der Waals surface area contributed by atoms with Crippen molar-refractivity contribution in [2.24, 2.45) is 17.3 Å². The van der Waals surface area contributed by atoms with Crippen molar-refractivity contribution in [1.29, 1.82) is 5.26 Å². The maximum absolute atomic E-state index is 13.8. The number of nitriles is 1. The third kappa shape index (κ3) is 6.53. The summed E-state index contributed by atoms with van der Waals surface area (Å²) in [6.07, 6.45) is 5.30. The molecule has 4 atom stereocenters. The van der Waals surface area contributed by atoms with Crippen molar-refractivity contribution >= 4 is 28.9 Å². The van der Waals surface area contributed by atoms with Gasteiger partial charge in [0, 0.05) is 18.7 Å². The lowest BCUT2D eigenvalue weighted by atomic mass is 9.98. The number of methoxy groups -OCH3 is 1. The third-order valence-corrected chi connectivity index (χ3v) is 11.4. The number of imidazole rings is 2. The van der Waals surface area contributed by atoms with Crippen LogP contribution in [0.15, 0.2) is 73.1 Å². The standard InChI is InChI=1S/C41H42N8O5/c1-23(2)35(47-39(51)54-3)38(50)49-22-41(12-13-41)17-34(49)37-44-20-32(46-37)30-11-10-28-15-27(8-9-29(28)16-30)25-4-6-26(7-5-25)31-19-43-36(45-31)33-14-24(18-42)21-48(33)40(52)53/h4-11,15-16,19-20,23-24,33-35H,12-14,17,21-22H2,1-3H3,(H,43,45)(H,44,46)(H,47,51)(H,52,53). The Hall–Kier alpha value is -6.16. The van der Waals surface area contributed by atoms with Crippen LogP contribution in [-0.4, -0.2) is 79.2 Å². The lowest BCUT2D eigenvalue weighted by Crippen LogP contribution is -2.51. The third-order valence-electron chi connectivity index (χ3n) is 11.4. The van der Waals surface area contributed by atoms with Crippen LogP contribution in [0.5, 0.6) is 0 Å². The second-order valence-corrected chi connectivity index (χ2v) is 15.3. The molecule has 2 aliphatic heterocycles. The minimum absolute atomic E-state index is 0.106. The highest BCUT2D eigenvalue weighted by Gasteiger charge is 2.55. The van der Waals surface area contributed by atoms with E-state index in [2.05, 4.69) is 74.9 Å². The molecular formula is C41H42N8O5. The average molecular weight is 727 g/mol. The van der Waals surface area contributed by atoms with Crippen molar-refractivity contribution in [1.82, 2.24) is 35.1 Å². The van der Waals surface area contributed by atoms with E-state index in [9.17, 15) is 24.8 Å². The highest BCUT2D eigenvalue weighted by atomic mass is 16.5. The predicted molar refractivity (Wildman–Crippen MR) is 201 cm³/mol. The van der Waals surface area contributed by atoms with Gasteiger partial charge in [0.25, 0.3) is 0 Å². The molecular weight excluding hydrogens is 685 g/mol. The van der Waals surface area contributed by atoms with Gasteiger partial charge < -0.3 is 30.0 Å². The lowest BCUT2D eigenvalue weighted by Gasteiger charge is -2.30. The van der Waals surface area contributed by atoms with Crippen LogP contribution in [0, 0.1) is 28.6 Å². The van der Waals surface area contributed by atoms with Crippen LogP contribution in [-0.2, 0) is 9.53 Å². The number of rotatable bonds is 8. The Balaban J connectivity index is 0.978. The fraction of sp³-hybridized carbons (Fsp3) is 0.366. The number of hydrogen-bond acceptors (Lipinski definition) is 7. The van der Waals surface area contributed by atoms with E-state index >= 15 is 0 Å². The molecule has 0 bridgehead atoms. The molecule has 13 heteroatoms. The van der Waals surface area contributed by atoms with Crippen LogP contribution in [0.3, 0.4) is 0 Å². The van der Waals surface area contributed by atoms with E-state index in [4.69, 9.17) is 9.72 Å². The van der Waals surface area contributed by atoms with Gasteiger partial charge in [-0.05, 0) is 76.6 Å². The number of amides is 3. The van der Waals surface area contributed by atoms with E-state index in [1.54, 1.807) is 6.20 Å². The Morgan fingerprint density at radius 1 is 0.889 bits per heavy atom. The van der Waals surface area contributed by atoms with E-state index in [-0.39, 0.29) is 35.7 Å². The number of fused-ring (bicyclic) bond motifs is 1. The number of carboxylic acid groups (broad SMARTS) is 1. The van der Waals surface area contributed by atoms with Crippen LogP contribution in [0.2, 0.25) is 0 Å². The second kappa shape index (κ2) is 13.7. The molecule has 3 amide bonds. The molecule has 2 saturated heterocycles. The molecule has 54 heavy (non-hydrogen) atoms. The molecule has 1 aliphatic carbocycles. The molecule has 8 rings (SSSR count). The fourth-order valence-corrected chi connectivity index (χ4v) is 8.09. The van der Waals surface area contributed by atoms with Crippen molar-refractivity contribution in [2.45, 2.75) is 57.7 Å². The molecule has 0 radical (unpaired) electrons. The number of aromatic nitrogens is 4. The minimum Gasteiger partial charge on any atom is -0.465 e. The number of benzene rings is 3. The summed E-state index contributed by atoms with van der Waals surface area (Å²) in [6.45, 7) is 4.67. The zero-order valence-electron chi connectivity index (χ0n) is 30.4. The summed E-state index contributed by atoms with van der Waals surface area (Å²) < 4.78 is 4.80. The highest BCUT2D eigenvalue weighted by molar-refractivity contribution is 5.91. The summed E-state index contributed by atoms with van der Waals surface area (Å²) in [4.78, 5) is 56.9. The number of hydrogen-bond donors (Lipinski definition) is 4. The summed E-state index contributed by atoms with van der Waals surface area (Å²) in [7, 11) is 1.30. The zero-order chi connectivity index (χ0) is 37.7. The van der Waals surface area contributed by atoms with Gasteiger partial charge in [-0.1, -0.05) is 62.4 Å². The van der Waals surface area contributed by atoms with Crippen LogP contribution in [0.25, 0.3) is 44.4 Å². The van der Waals surface area contributed by atoms with E-state index < -0.39 is 24.3 Å². The number of nitrogens with zero attached hydrogens (tertiary/aromatic N) is 5. The van der Waals surface area contributed by atoms with Gasteiger partial charge >= 0.3 is 12.2 Å². The van der Waals surface area contributed by atoms with Gasteiger partial charge in [0.05, 0.1) is 55.0 Å². The largest absolute Gasteiger partial charge is 0.465 e. The number of carbonyl (C=O) groups is 3. The van der Waals surface area contributed by atoms with Gasteiger partial charge in [-0.25, -0.2) is 19.6 Å². The van der Waals surface area contributed by atoms with E-state index in [1.807, 2.05) is 37.1 Å². The Bertz CT molecular complexity index is 2280. The number of likely N-dealkylation sites (tertiary alicyclic amines) is 2. The molecule has 3 aliphatic rings. The minimum atomic E-state index is -1.05. The quantitative estimate of drug-likeness (QED) is 0.129. The molecule has 1 saturated carbocycles. The number of ether oxygens (including phenoxy) is 1. The molecule has 2 aromatic heterocycles. The van der Waals surface area contributed by atoms with Crippen molar-refractivity contribution < 1.29 is 24.2 Å². The fourth-order valence-electron chi connectivity index (χ4n) is 8.09. The maximum Gasteiger partial charge on any atom is 0.407 e. The molecule has 3 aromatic carbocycles. The molecule has 4 N–H and O–H groups in total. The van der Waals surface area contributed by atoms with Gasteiger partial charge in [0.15, 0.2) is 0 Å². The van der Waals surface area contributed by atoms with Crippen molar-refractivity contribution in [3.8, 4) is 39.7 Å². The predicted octanol–water partition coefficient (Wildman–Crippen LogP) is 7.29. The van der Waals surface area contributed by atoms with Gasteiger partial charge in [0.1, 0.15) is 17.7 Å². The highest BCUT2D eigenvalue weighted by Crippen LogP contribution is 2.58. The van der Waals surface area contributed by atoms with Crippen LogP contribution < -0.4 is 5.32 Å². The Morgan fingerprint density at radius 3 is 2.09 bits per heavy atom. The number of aromatic amines is 2. The molecule has 13 nitrogen and oxygen atoms in total. The number of carbonyl (C=O) groups excluding carboxylic acids is 2. The first kappa shape index (κ1) is 34.9. The van der Waals surface area contributed by atoms with E-state index in [1.165, 1.54) is 12.0 Å². The van der Waals surface area contributed by atoms with Crippen molar-refractivity contribution in [3.05, 3.63) is 84.7 Å². The van der Waals surface area contributed by atoms with Crippen LogP contribution in [0.1, 0.15) is 63.3 Å². The SMILES string of the molecule is COC(=O)NC(C(=O)N1CC2(CC2)CC1c1ncc(-c2ccc3cc(-c4ccc(-c5cnc(C6CC(C#N)CN6C(=O)O)[nH]5)cc4)ccc3c2)[nH]1)C(C)C. The summed E-state index contributed by atoms with van der Waals surface area (Å²) in [5.41, 5.74) is 5.82. The van der Waals surface area contributed by atoms with Crippen molar-refractivity contribution in [2.75, 3.05) is 20.2 Å². The topological polar surface area (TPSA) is 180 Å². The smallest absolute Gasteiger partial charge is 0.407 e. The average Bonchev–Trinajstić information content (AvgIpc) is 3.68. The number of alkyl carbamates (subject to hydrolysis) is 1. The first-order valence-corrected chi connectivity index (χ1v) is 18.3. The Labute approximate surface area is 312 Å². The second-order valence-electron chi connectivity index (χ2n) is 15.3. The monoisotopic (exact) mass is 726 g/mol. The zero-order valence-corrected chi connectivity index (χ0v) is 30.4. The summed E-state index contributed by atoms with van der Waals surface area (Å²) in [6, 6.07) is 21.7. The van der Waals surface area contributed by atoms with Gasteiger partial charge in [-0.3, -0.25) is 9.69 Å². The van der Waals surface area contributed by atoms with Gasteiger partial charge in [-0.15, -0.1) is 0 Å². The normalized spacial score (nSPS) is 20.7. The molecule has 4 heterocycles. The maximum atomic E-state index is 13.8. The first-order chi connectivity index (χ1) is 26.0. The molecule has 3 fully saturated rings. The van der Waals surface area contributed by atoms with Gasteiger partial charge in [0.2, 0.25) is 5.91 Å². The van der Waals surface area contributed by atoms with Crippen molar-refractivity contribution in [3.63, 3.8) is 0 Å². The molecule has 1 spiro atoms. The van der Waals surface area contributed by atoms with Crippen LogP contribution in [0.4, 0.5) is 9.59 Å². The Morgan fingerprint density at radius 2 is 1.48 bits per heavy atom. The van der Waals surface area contributed by atoms with E-state index in [0.29, 0.717) is 18.8 Å². The number of H-pyrrole nitrogens is 2. The molecule has 276 valence electrons. The van der Waals surface area contributed by atoms with E-state index in [0.717, 1.165) is 69.5 Å². The first-order valence-electron chi connectivity index (χ1n) is 18.3. The van der Waals surface area contributed by atoms with Crippen LogP contribution >= 0.6 is 0 Å². The summed E-state index contributed by atoms with van der Waals surface area (Å²) in [5.74, 6) is 0.723. The summed E-state index contributed by atoms with van der Waals surface area (Å²) in [5, 5.41) is 23.9.